The zero-order valence-corrected chi connectivity index (χ0v) is 9.49. The van der Waals surface area contributed by atoms with E-state index in [2.05, 4.69) is 4.90 Å². The summed E-state index contributed by atoms with van der Waals surface area (Å²) in [5, 5.41) is 9.12. The average molecular weight is 203 g/mol. The number of ether oxygens (including phenoxy) is 2. The monoisotopic (exact) mass is 203 g/mol. The highest BCUT2D eigenvalue weighted by Crippen LogP contribution is 2.29. The molecule has 1 aliphatic rings. The van der Waals surface area contributed by atoms with Crippen LogP contribution in [-0.2, 0) is 9.47 Å². The van der Waals surface area contributed by atoms with Crippen LogP contribution in [0.5, 0.6) is 0 Å². The molecule has 1 N–H and O–H groups in total. The minimum absolute atomic E-state index is 0.0115. The number of hydrogen-bond donors (Lipinski definition) is 1. The minimum Gasteiger partial charge on any atom is -0.394 e. The summed E-state index contributed by atoms with van der Waals surface area (Å²) in [6.07, 6.45) is 0.726. The van der Waals surface area contributed by atoms with Crippen molar-refractivity contribution in [2.45, 2.75) is 38.3 Å². The van der Waals surface area contributed by atoms with Gasteiger partial charge in [-0.25, -0.2) is 0 Å². The third-order valence-electron chi connectivity index (χ3n) is 2.33. The first-order chi connectivity index (χ1) is 6.44. The molecule has 0 aliphatic carbocycles. The molecule has 1 rings (SSSR count). The van der Waals surface area contributed by atoms with Crippen molar-refractivity contribution in [3.05, 3.63) is 0 Å². The number of aliphatic hydroxyl groups is 1. The Hall–Kier alpha value is -0.160. The van der Waals surface area contributed by atoms with Gasteiger partial charge in [0.05, 0.1) is 12.7 Å². The van der Waals surface area contributed by atoms with Gasteiger partial charge in [0.25, 0.3) is 0 Å². The normalized spacial score (nSPS) is 31.3. The molecule has 0 amide bonds. The van der Waals surface area contributed by atoms with Crippen LogP contribution in [0.3, 0.4) is 0 Å². The molecule has 2 atom stereocenters. The summed E-state index contributed by atoms with van der Waals surface area (Å²) in [4.78, 5) is 2.10. The van der Waals surface area contributed by atoms with Crippen molar-refractivity contribution >= 4 is 0 Å². The van der Waals surface area contributed by atoms with Gasteiger partial charge in [-0.15, -0.1) is 0 Å². The molecule has 1 saturated heterocycles. The van der Waals surface area contributed by atoms with Gasteiger partial charge in [0.1, 0.15) is 6.10 Å². The molecule has 0 aromatic carbocycles. The number of rotatable bonds is 4. The van der Waals surface area contributed by atoms with Crippen molar-refractivity contribution in [3.63, 3.8) is 0 Å². The van der Waals surface area contributed by atoms with E-state index in [1.807, 2.05) is 27.9 Å². The van der Waals surface area contributed by atoms with Crippen molar-refractivity contribution < 1.29 is 14.6 Å². The van der Waals surface area contributed by atoms with Crippen LogP contribution in [0, 0.1) is 0 Å². The van der Waals surface area contributed by atoms with E-state index in [0.29, 0.717) is 0 Å². The van der Waals surface area contributed by atoms with Crippen molar-refractivity contribution in [2.75, 3.05) is 27.2 Å². The Morgan fingerprint density at radius 2 is 1.79 bits per heavy atom. The molecule has 1 aliphatic heterocycles. The molecule has 84 valence electrons. The van der Waals surface area contributed by atoms with Crippen molar-refractivity contribution in [1.82, 2.24) is 4.90 Å². The van der Waals surface area contributed by atoms with Gasteiger partial charge in [-0.05, 0) is 34.4 Å². The van der Waals surface area contributed by atoms with Crippen LogP contribution >= 0.6 is 0 Å². The van der Waals surface area contributed by atoms with Crippen molar-refractivity contribution in [3.8, 4) is 0 Å². The maximum atomic E-state index is 9.12. The highest BCUT2D eigenvalue weighted by Gasteiger charge is 2.40. The first-order valence-corrected chi connectivity index (χ1v) is 5.06. The molecule has 0 bridgehead atoms. The van der Waals surface area contributed by atoms with E-state index in [9.17, 15) is 0 Å². The Kier molecular flexibility index (Phi) is 3.89. The predicted octanol–water partition coefficient (Wildman–Crippen LogP) is 0.450. The van der Waals surface area contributed by atoms with Gasteiger partial charge in [0.15, 0.2) is 5.79 Å². The third kappa shape index (κ3) is 3.20. The van der Waals surface area contributed by atoms with Crippen molar-refractivity contribution in [2.24, 2.45) is 0 Å². The molecule has 0 spiro atoms. The van der Waals surface area contributed by atoms with E-state index in [0.717, 1.165) is 13.0 Å². The smallest absolute Gasteiger partial charge is 0.163 e. The second-order valence-electron chi connectivity index (χ2n) is 4.49. The molecule has 14 heavy (non-hydrogen) atoms. The van der Waals surface area contributed by atoms with Crippen LogP contribution in [0.15, 0.2) is 0 Å². The Morgan fingerprint density at radius 1 is 1.21 bits per heavy atom. The zero-order valence-electron chi connectivity index (χ0n) is 9.49. The first-order valence-electron chi connectivity index (χ1n) is 5.06. The molecule has 4 nitrogen and oxygen atoms in total. The maximum absolute atomic E-state index is 9.12. The lowest BCUT2D eigenvalue weighted by atomic mass is 10.1. The van der Waals surface area contributed by atoms with Gasteiger partial charge in [-0.1, -0.05) is 0 Å². The van der Waals surface area contributed by atoms with Gasteiger partial charge < -0.3 is 19.5 Å². The zero-order chi connectivity index (χ0) is 10.8. The summed E-state index contributed by atoms with van der Waals surface area (Å²) in [6.45, 7) is 4.73. The van der Waals surface area contributed by atoms with Crippen LogP contribution in [0.1, 0.15) is 20.3 Å². The lowest BCUT2D eigenvalue weighted by molar-refractivity contribution is -0.149. The fraction of sp³-hybridized carbons (Fsp3) is 1.00. The largest absolute Gasteiger partial charge is 0.394 e. The molecule has 0 saturated carbocycles. The molecular formula is C10H21NO3. The molecule has 0 unspecified atom stereocenters. The van der Waals surface area contributed by atoms with Gasteiger partial charge in [0.2, 0.25) is 0 Å². The quantitative estimate of drug-likeness (QED) is 0.720. The highest BCUT2D eigenvalue weighted by molar-refractivity contribution is 4.81. The standard InChI is InChI=1S/C10H21NO3/c1-10(2)13-8(5-6-11(3)4)9(7-12)14-10/h8-9,12H,5-7H2,1-4H3/t8-,9-/m0/s1. The summed E-state index contributed by atoms with van der Waals surface area (Å²) < 4.78 is 11.2. The lowest BCUT2D eigenvalue weighted by Crippen LogP contribution is -2.29. The first kappa shape index (κ1) is 11.9. The van der Waals surface area contributed by atoms with E-state index in [1.54, 1.807) is 0 Å². The molecule has 0 radical (unpaired) electrons. The predicted molar refractivity (Wildman–Crippen MR) is 54.1 cm³/mol. The lowest BCUT2D eigenvalue weighted by Gasteiger charge is -2.18. The summed E-state index contributed by atoms with van der Waals surface area (Å²) in [5.41, 5.74) is 0. The van der Waals surface area contributed by atoms with Crippen LogP contribution in [0.4, 0.5) is 0 Å². The van der Waals surface area contributed by atoms with E-state index in [1.165, 1.54) is 0 Å². The second-order valence-corrected chi connectivity index (χ2v) is 4.49. The highest BCUT2D eigenvalue weighted by atomic mass is 16.8. The van der Waals surface area contributed by atoms with Crippen LogP contribution in [0.25, 0.3) is 0 Å². The van der Waals surface area contributed by atoms with Gasteiger partial charge >= 0.3 is 0 Å². The van der Waals surface area contributed by atoms with Crippen molar-refractivity contribution in [1.29, 1.82) is 0 Å². The number of hydrogen-bond acceptors (Lipinski definition) is 4. The fourth-order valence-corrected chi connectivity index (χ4v) is 1.69. The van der Waals surface area contributed by atoms with E-state index < -0.39 is 5.79 Å². The summed E-state index contributed by atoms with van der Waals surface area (Å²) in [5.74, 6) is -0.551. The fourth-order valence-electron chi connectivity index (χ4n) is 1.69. The summed E-state index contributed by atoms with van der Waals surface area (Å²) >= 11 is 0. The molecule has 0 aromatic heterocycles. The topological polar surface area (TPSA) is 41.9 Å². The minimum atomic E-state index is -0.551. The summed E-state index contributed by atoms with van der Waals surface area (Å²) in [6, 6.07) is 0. The second kappa shape index (κ2) is 4.57. The SMILES string of the molecule is CN(C)CC[C@@H]1OC(C)(C)O[C@H]1CO. The van der Waals surface area contributed by atoms with E-state index in [-0.39, 0.29) is 18.8 Å². The third-order valence-corrected chi connectivity index (χ3v) is 2.33. The van der Waals surface area contributed by atoms with Crippen LogP contribution < -0.4 is 0 Å². The Balaban J connectivity index is 2.43. The maximum Gasteiger partial charge on any atom is 0.163 e. The van der Waals surface area contributed by atoms with E-state index in [4.69, 9.17) is 14.6 Å². The van der Waals surface area contributed by atoms with Crippen LogP contribution in [-0.4, -0.2) is 55.2 Å². The Labute approximate surface area is 85.8 Å². The Morgan fingerprint density at radius 3 is 2.29 bits per heavy atom. The van der Waals surface area contributed by atoms with Gasteiger partial charge in [-0.2, -0.15) is 0 Å². The van der Waals surface area contributed by atoms with E-state index >= 15 is 0 Å². The molecule has 4 heteroatoms. The van der Waals surface area contributed by atoms with Gasteiger partial charge in [0, 0.05) is 6.54 Å². The number of aliphatic hydroxyl groups excluding tert-OH is 1. The molecule has 1 fully saturated rings. The Bertz CT molecular complexity index is 182. The molecule has 0 aromatic rings. The van der Waals surface area contributed by atoms with Gasteiger partial charge in [-0.3, -0.25) is 0 Å². The molecular weight excluding hydrogens is 182 g/mol. The molecule has 1 heterocycles. The average Bonchev–Trinajstić information content (AvgIpc) is 2.37. The summed E-state index contributed by atoms with van der Waals surface area (Å²) in [7, 11) is 4.05. The van der Waals surface area contributed by atoms with Crippen LogP contribution in [0.2, 0.25) is 0 Å². The number of nitrogens with zero attached hydrogens (tertiary/aromatic N) is 1.